The summed E-state index contributed by atoms with van der Waals surface area (Å²) in [6.45, 7) is 3.40. The largest absolute Gasteiger partial charge is 0.480 e. The Hall–Kier alpha value is -2.71. The Morgan fingerprint density at radius 2 is 2.15 bits per heavy atom. The van der Waals surface area contributed by atoms with Crippen LogP contribution in [0, 0.1) is 16.0 Å². The molecule has 1 unspecified atom stereocenters. The number of nitro benzene ring substituents is 1. The fourth-order valence-electron chi connectivity index (χ4n) is 1.82. The molecule has 0 bridgehead atoms. The molecule has 9 heteroatoms. The van der Waals surface area contributed by atoms with E-state index in [1.807, 2.05) is 0 Å². The predicted octanol–water partition coefficient (Wildman–Crippen LogP) is 1.65. The van der Waals surface area contributed by atoms with Crippen LogP contribution in [0.5, 0.6) is 0 Å². The first-order valence-electron chi connectivity index (χ1n) is 5.80. The quantitative estimate of drug-likeness (QED) is 0.624. The second-order valence-corrected chi connectivity index (χ2v) is 4.56. The highest BCUT2D eigenvalue weighted by atomic mass is 16.6. The van der Waals surface area contributed by atoms with Crippen molar-refractivity contribution in [1.29, 1.82) is 0 Å². The van der Waals surface area contributed by atoms with Gasteiger partial charge in [0.15, 0.2) is 0 Å². The van der Waals surface area contributed by atoms with Crippen LogP contribution < -0.4 is 5.32 Å². The van der Waals surface area contributed by atoms with Crippen LogP contribution in [0.2, 0.25) is 0 Å². The number of carbonyl (C=O) groups is 1. The molecule has 0 spiro atoms. The van der Waals surface area contributed by atoms with Crippen molar-refractivity contribution in [3.63, 3.8) is 0 Å². The number of benzene rings is 1. The number of hydrogen-bond donors (Lipinski definition) is 2. The standard InChI is InChI=1S/C11H12N4O5/c1-5(2)8(11(16)17)12-7-4-3-6-9(14-20-13-6)10(7)15(18)19/h3-5,8,12H,1-2H3,(H,16,17). The molecule has 1 atom stereocenters. The Kier molecular flexibility index (Phi) is 3.51. The summed E-state index contributed by atoms with van der Waals surface area (Å²) < 4.78 is 4.46. The molecule has 2 rings (SSSR count). The first-order valence-corrected chi connectivity index (χ1v) is 5.80. The lowest BCUT2D eigenvalue weighted by atomic mass is 10.0. The number of carboxylic acid groups (broad SMARTS) is 1. The second kappa shape index (κ2) is 5.11. The van der Waals surface area contributed by atoms with Gasteiger partial charge in [-0.1, -0.05) is 13.8 Å². The maximum Gasteiger partial charge on any atom is 0.326 e. The molecule has 20 heavy (non-hydrogen) atoms. The van der Waals surface area contributed by atoms with Crippen molar-refractivity contribution in [2.24, 2.45) is 5.92 Å². The number of nitro groups is 1. The molecule has 0 aliphatic rings. The molecular formula is C11H12N4O5. The van der Waals surface area contributed by atoms with Crippen molar-refractivity contribution < 1.29 is 19.5 Å². The average molecular weight is 280 g/mol. The van der Waals surface area contributed by atoms with Gasteiger partial charge in [0, 0.05) is 0 Å². The molecule has 1 heterocycles. The first-order chi connectivity index (χ1) is 9.41. The number of fused-ring (bicyclic) bond motifs is 1. The van der Waals surface area contributed by atoms with E-state index in [1.54, 1.807) is 13.8 Å². The highest BCUT2D eigenvalue weighted by molar-refractivity contribution is 5.92. The zero-order chi connectivity index (χ0) is 14.9. The molecule has 9 nitrogen and oxygen atoms in total. The van der Waals surface area contributed by atoms with Gasteiger partial charge in [0.1, 0.15) is 17.2 Å². The zero-order valence-electron chi connectivity index (χ0n) is 10.7. The fourth-order valence-corrected chi connectivity index (χ4v) is 1.82. The van der Waals surface area contributed by atoms with Crippen molar-refractivity contribution in [1.82, 2.24) is 10.3 Å². The summed E-state index contributed by atoms with van der Waals surface area (Å²) in [5.74, 6) is -1.34. The highest BCUT2D eigenvalue weighted by Gasteiger charge is 2.28. The van der Waals surface area contributed by atoms with E-state index in [9.17, 15) is 14.9 Å². The Balaban J connectivity index is 2.50. The normalized spacial score (nSPS) is 12.6. The van der Waals surface area contributed by atoms with E-state index in [4.69, 9.17) is 5.11 Å². The van der Waals surface area contributed by atoms with Crippen molar-refractivity contribution in [2.75, 3.05) is 5.32 Å². The van der Waals surface area contributed by atoms with E-state index < -0.39 is 16.9 Å². The molecule has 0 radical (unpaired) electrons. The second-order valence-electron chi connectivity index (χ2n) is 4.56. The van der Waals surface area contributed by atoms with Crippen LogP contribution in [0.3, 0.4) is 0 Å². The van der Waals surface area contributed by atoms with Crippen LogP contribution in [0.1, 0.15) is 13.8 Å². The number of hydrogen-bond acceptors (Lipinski definition) is 7. The molecule has 0 saturated carbocycles. The fraction of sp³-hybridized carbons (Fsp3) is 0.364. The third-order valence-corrected chi connectivity index (χ3v) is 2.83. The van der Waals surface area contributed by atoms with Gasteiger partial charge in [-0.2, -0.15) is 0 Å². The van der Waals surface area contributed by atoms with Gasteiger partial charge in [0.25, 0.3) is 0 Å². The minimum atomic E-state index is -1.09. The third kappa shape index (κ3) is 2.37. The van der Waals surface area contributed by atoms with E-state index in [0.717, 1.165) is 0 Å². The number of aromatic nitrogens is 2. The summed E-state index contributed by atoms with van der Waals surface area (Å²) in [6, 6.07) is 1.91. The summed E-state index contributed by atoms with van der Waals surface area (Å²) >= 11 is 0. The van der Waals surface area contributed by atoms with Gasteiger partial charge in [-0.15, -0.1) is 0 Å². The van der Waals surface area contributed by atoms with E-state index in [0.29, 0.717) is 0 Å². The molecule has 0 amide bonds. The number of aliphatic carboxylic acids is 1. The summed E-state index contributed by atoms with van der Waals surface area (Å²) in [7, 11) is 0. The summed E-state index contributed by atoms with van der Waals surface area (Å²) in [6.07, 6.45) is 0. The summed E-state index contributed by atoms with van der Waals surface area (Å²) in [4.78, 5) is 21.7. The molecule has 1 aromatic carbocycles. The van der Waals surface area contributed by atoms with Crippen LogP contribution in [0.4, 0.5) is 11.4 Å². The smallest absolute Gasteiger partial charge is 0.326 e. The molecule has 2 aromatic rings. The van der Waals surface area contributed by atoms with Crippen LogP contribution in [-0.4, -0.2) is 32.4 Å². The van der Waals surface area contributed by atoms with Gasteiger partial charge in [-0.3, -0.25) is 10.1 Å². The van der Waals surface area contributed by atoms with Crippen LogP contribution >= 0.6 is 0 Å². The van der Waals surface area contributed by atoms with E-state index in [2.05, 4.69) is 20.3 Å². The van der Waals surface area contributed by atoms with Crippen molar-refractivity contribution in [3.05, 3.63) is 22.2 Å². The molecular weight excluding hydrogens is 268 g/mol. The van der Waals surface area contributed by atoms with Crippen LogP contribution in [0.15, 0.2) is 16.8 Å². The average Bonchev–Trinajstić information content (AvgIpc) is 2.81. The number of anilines is 1. The summed E-state index contributed by atoms with van der Waals surface area (Å²) in [5, 5.41) is 30.0. The number of nitrogens with zero attached hydrogens (tertiary/aromatic N) is 3. The Labute approximate surface area is 112 Å². The topological polar surface area (TPSA) is 131 Å². The molecule has 0 saturated heterocycles. The minimum absolute atomic E-state index is 0.0205. The Morgan fingerprint density at radius 1 is 1.45 bits per heavy atom. The van der Waals surface area contributed by atoms with Crippen molar-refractivity contribution >= 4 is 28.4 Å². The lowest BCUT2D eigenvalue weighted by molar-refractivity contribution is -0.382. The maximum absolute atomic E-state index is 11.2. The number of carboxylic acids is 1. The van der Waals surface area contributed by atoms with Crippen LogP contribution in [0.25, 0.3) is 11.0 Å². The van der Waals surface area contributed by atoms with E-state index in [1.165, 1.54) is 12.1 Å². The highest BCUT2D eigenvalue weighted by Crippen LogP contribution is 2.32. The summed E-state index contributed by atoms with van der Waals surface area (Å²) in [5.41, 5.74) is -0.0680. The molecule has 1 aromatic heterocycles. The minimum Gasteiger partial charge on any atom is -0.480 e. The Bertz CT molecular complexity index is 666. The Morgan fingerprint density at radius 3 is 2.70 bits per heavy atom. The molecule has 106 valence electrons. The predicted molar refractivity (Wildman–Crippen MR) is 68.3 cm³/mol. The molecule has 0 aliphatic carbocycles. The van der Waals surface area contributed by atoms with Gasteiger partial charge in [0.05, 0.1) is 4.92 Å². The lowest BCUT2D eigenvalue weighted by Crippen LogP contribution is -2.34. The zero-order valence-corrected chi connectivity index (χ0v) is 10.7. The van der Waals surface area contributed by atoms with E-state index >= 15 is 0 Å². The number of nitrogens with one attached hydrogen (secondary N) is 1. The monoisotopic (exact) mass is 280 g/mol. The van der Waals surface area contributed by atoms with Gasteiger partial charge in [-0.25, -0.2) is 9.42 Å². The molecule has 2 N–H and O–H groups in total. The number of rotatable bonds is 5. The van der Waals surface area contributed by atoms with Gasteiger partial charge in [0.2, 0.25) is 5.52 Å². The first kappa shape index (κ1) is 13.7. The van der Waals surface area contributed by atoms with E-state index in [-0.39, 0.29) is 28.3 Å². The van der Waals surface area contributed by atoms with Gasteiger partial charge >= 0.3 is 11.7 Å². The van der Waals surface area contributed by atoms with Crippen molar-refractivity contribution in [2.45, 2.75) is 19.9 Å². The maximum atomic E-state index is 11.2. The molecule has 0 aliphatic heterocycles. The third-order valence-electron chi connectivity index (χ3n) is 2.83. The van der Waals surface area contributed by atoms with Crippen LogP contribution in [-0.2, 0) is 4.79 Å². The van der Waals surface area contributed by atoms with Gasteiger partial charge < -0.3 is 10.4 Å². The van der Waals surface area contributed by atoms with Gasteiger partial charge in [-0.05, 0) is 28.4 Å². The SMILES string of the molecule is CC(C)C(Nc1ccc2nonc2c1[N+](=O)[O-])C(=O)O. The lowest BCUT2D eigenvalue weighted by Gasteiger charge is -2.18. The van der Waals surface area contributed by atoms with Crippen molar-refractivity contribution in [3.8, 4) is 0 Å². The molecule has 0 fully saturated rings.